The summed E-state index contributed by atoms with van der Waals surface area (Å²) in [6.45, 7) is 2.06. The zero-order valence-corrected chi connectivity index (χ0v) is 18.0. The lowest BCUT2D eigenvalue weighted by atomic mass is 10.1. The van der Waals surface area contributed by atoms with Crippen molar-refractivity contribution in [3.8, 4) is 17.6 Å². The van der Waals surface area contributed by atoms with Crippen molar-refractivity contribution in [1.82, 2.24) is 9.97 Å². The third kappa shape index (κ3) is 4.86. The Kier molecular flexibility index (Phi) is 6.72. The standard InChI is InChI=1S/C21H18IN3O4/c1-3-28-18-10-13(9-15(22)20(18)29-12-19(26)27-2)8-14(11-23)21-24-16-6-4-5-7-17(16)25-21/h4-10H,3,12H2,1-2H3,(H,24,25)/b14-8+. The number of carbonyl (C=O) groups is 1. The number of hydrogen-bond donors (Lipinski definition) is 1. The average Bonchev–Trinajstić information content (AvgIpc) is 3.15. The molecular weight excluding hydrogens is 485 g/mol. The van der Waals surface area contributed by atoms with Crippen molar-refractivity contribution < 1.29 is 19.0 Å². The Balaban J connectivity index is 1.98. The number of H-pyrrole nitrogens is 1. The Morgan fingerprint density at radius 2 is 2.10 bits per heavy atom. The van der Waals surface area contributed by atoms with Crippen LogP contribution in [0.4, 0.5) is 0 Å². The van der Waals surface area contributed by atoms with Gasteiger partial charge in [0, 0.05) is 0 Å². The number of benzene rings is 2. The molecule has 148 valence electrons. The number of aromatic amines is 1. The maximum atomic E-state index is 11.4. The maximum absolute atomic E-state index is 11.4. The number of allylic oxidation sites excluding steroid dienone is 1. The van der Waals surface area contributed by atoms with Gasteiger partial charge in [0.25, 0.3) is 0 Å². The molecule has 1 aromatic heterocycles. The molecule has 7 nitrogen and oxygen atoms in total. The minimum absolute atomic E-state index is 0.218. The van der Waals surface area contributed by atoms with Crippen LogP contribution in [0.1, 0.15) is 18.3 Å². The molecule has 0 bridgehead atoms. The number of hydrogen-bond acceptors (Lipinski definition) is 6. The summed E-state index contributed by atoms with van der Waals surface area (Å²) in [6, 6.07) is 13.4. The van der Waals surface area contributed by atoms with Crippen molar-refractivity contribution in [2.24, 2.45) is 0 Å². The predicted molar refractivity (Wildman–Crippen MR) is 117 cm³/mol. The van der Waals surface area contributed by atoms with E-state index in [1.165, 1.54) is 7.11 Å². The fourth-order valence-corrected chi connectivity index (χ4v) is 3.45. The van der Waals surface area contributed by atoms with Gasteiger partial charge < -0.3 is 19.2 Å². The van der Waals surface area contributed by atoms with Gasteiger partial charge in [-0.2, -0.15) is 5.26 Å². The second-order valence-corrected chi connectivity index (χ2v) is 7.06. The normalized spacial score (nSPS) is 11.2. The summed E-state index contributed by atoms with van der Waals surface area (Å²) in [5.41, 5.74) is 2.79. The van der Waals surface area contributed by atoms with Crippen molar-refractivity contribution in [2.75, 3.05) is 20.3 Å². The summed E-state index contributed by atoms with van der Waals surface area (Å²) in [7, 11) is 1.30. The number of nitrogens with one attached hydrogen (secondary N) is 1. The Morgan fingerprint density at radius 1 is 1.31 bits per heavy atom. The van der Waals surface area contributed by atoms with E-state index in [2.05, 4.69) is 43.4 Å². The van der Waals surface area contributed by atoms with Crippen LogP contribution in [0.25, 0.3) is 22.7 Å². The van der Waals surface area contributed by atoms with Crippen LogP contribution < -0.4 is 9.47 Å². The quantitative estimate of drug-likeness (QED) is 0.295. The number of nitriles is 1. The molecule has 0 aliphatic heterocycles. The van der Waals surface area contributed by atoms with Crippen LogP contribution >= 0.6 is 22.6 Å². The first-order valence-electron chi connectivity index (χ1n) is 8.78. The molecule has 0 aliphatic rings. The molecule has 3 aromatic rings. The third-order valence-electron chi connectivity index (χ3n) is 3.97. The molecule has 0 atom stereocenters. The lowest BCUT2D eigenvalue weighted by Crippen LogP contribution is -2.14. The van der Waals surface area contributed by atoms with Crippen LogP contribution in [0.5, 0.6) is 11.5 Å². The highest BCUT2D eigenvalue weighted by Crippen LogP contribution is 2.35. The van der Waals surface area contributed by atoms with Crippen LogP contribution in [-0.4, -0.2) is 36.3 Å². The van der Waals surface area contributed by atoms with Gasteiger partial charge in [0.2, 0.25) is 0 Å². The molecule has 0 saturated carbocycles. The molecule has 29 heavy (non-hydrogen) atoms. The highest BCUT2D eigenvalue weighted by molar-refractivity contribution is 14.1. The molecule has 1 N–H and O–H groups in total. The van der Waals surface area contributed by atoms with Gasteiger partial charge in [-0.25, -0.2) is 9.78 Å². The first kappa shape index (κ1) is 20.7. The summed E-state index contributed by atoms with van der Waals surface area (Å²) in [5, 5.41) is 9.65. The number of fused-ring (bicyclic) bond motifs is 1. The number of para-hydroxylation sites is 2. The number of halogens is 1. The second-order valence-electron chi connectivity index (χ2n) is 5.90. The van der Waals surface area contributed by atoms with E-state index in [1.807, 2.05) is 37.3 Å². The summed E-state index contributed by atoms with van der Waals surface area (Å²) in [4.78, 5) is 19.0. The summed E-state index contributed by atoms with van der Waals surface area (Å²) in [5.74, 6) is 0.949. The Hall–Kier alpha value is -3.06. The lowest BCUT2D eigenvalue weighted by molar-refractivity contribution is -0.142. The molecule has 0 unspecified atom stereocenters. The largest absolute Gasteiger partial charge is 0.490 e. The lowest BCUT2D eigenvalue weighted by Gasteiger charge is -2.14. The second kappa shape index (κ2) is 9.43. The van der Waals surface area contributed by atoms with Crippen LogP contribution in [0.15, 0.2) is 36.4 Å². The van der Waals surface area contributed by atoms with Gasteiger partial charge in [-0.3, -0.25) is 0 Å². The third-order valence-corrected chi connectivity index (χ3v) is 4.77. The van der Waals surface area contributed by atoms with Gasteiger partial charge in [-0.1, -0.05) is 12.1 Å². The first-order chi connectivity index (χ1) is 14.0. The number of rotatable bonds is 7. The molecule has 0 fully saturated rings. The Morgan fingerprint density at radius 3 is 2.79 bits per heavy atom. The van der Waals surface area contributed by atoms with E-state index in [0.717, 1.165) is 20.2 Å². The number of aromatic nitrogens is 2. The molecule has 3 rings (SSSR count). The van der Waals surface area contributed by atoms with E-state index in [-0.39, 0.29) is 6.61 Å². The molecule has 0 saturated heterocycles. The number of nitrogens with zero attached hydrogens (tertiary/aromatic N) is 2. The van der Waals surface area contributed by atoms with E-state index >= 15 is 0 Å². The number of esters is 1. The first-order valence-corrected chi connectivity index (χ1v) is 9.86. The van der Waals surface area contributed by atoms with Gasteiger partial charge in [0.15, 0.2) is 18.1 Å². The van der Waals surface area contributed by atoms with Crippen molar-refractivity contribution >= 4 is 51.2 Å². The van der Waals surface area contributed by atoms with E-state index in [0.29, 0.717) is 29.5 Å². The van der Waals surface area contributed by atoms with Crippen LogP contribution in [-0.2, 0) is 9.53 Å². The molecule has 0 amide bonds. The molecule has 2 aromatic carbocycles. The van der Waals surface area contributed by atoms with Gasteiger partial charge >= 0.3 is 5.97 Å². The fraction of sp³-hybridized carbons (Fsp3) is 0.190. The zero-order chi connectivity index (χ0) is 20.8. The SMILES string of the molecule is CCOc1cc(/C=C(\C#N)c2nc3ccccc3[nH]2)cc(I)c1OCC(=O)OC. The molecule has 0 spiro atoms. The highest BCUT2D eigenvalue weighted by Gasteiger charge is 2.15. The number of ether oxygens (including phenoxy) is 3. The zero-order valence-electron chi connectivity index (χ0n) is 15.9. The topological polar surface area (TPSA) is 97.2 Å². The summed E-state index contributed by atoms with van der Waals surface area (Å²) >= 11 is 2.10. The van der Waals surface area contributed by atoms with Crippen LogP contribution in [0.3, 0.4) is 0 Å². The average molecular weight is 503 g/mol. The van der Waals surface area contributed by atoms with E-state index < -0.39 is 5.97 Å². The maximum Gasteiger partial charge on any atom is 0.343 e. The molecule has 1 heterocycles. The molecule has 0 aliphatic carbocycles. The molecular formula is C21H18IN3O4. The monoisotopic (exact) mass is 503 g/mol. The smallest absolute Gasteiger partial charge is 0.343 e. The highest BCUT2D eigenvalue weighted by atomic mass is 127. The summed E-state index contributed by atoms with van der Waals surface area (Å²) in [6.07, 6.45) is 1.73. The minimum atomic E-state index is -0.483. The number of methoxy groups -OCH3 is 1. The number of imidazole rings is 1. The van der Waals surface area contributed by atoms with E-state index in [4.69, 9.17) is 9.47 Å². The van der Waals surface area contributed by atoms with Crippen LogP contribution in [0, 0.1) is 14.9 Å². The summed E-state index contributed by atoms with van der Waals surface area (Å²) < 4.78 is 16.6. The van der Waals surface area contributed by atoms with Gasteiger partial charge in [-0.15, -0.1) is 0 Å². The van der Waals surface area contributed by atoms with Crippen molar-refractivity contribution in [2.45, 2.75) is 6.92 Å². The van der Waals surface area contributed by atoms with E-state index in [1.54, 1.807) is 12.1 Å². The number of carbonyl (C=O) groups excluding carboxylic acids is 1. The Labute approximate surface area is 181 Å². The van der Waals surface area contributed by atoms with Crippen LogP contribution in [0.2, 0.25) is 0 Å². The van der Waals surface area contributed by atoms with Gasteiger partial charge in [-0.05, 0) is 65.4 Å². The van der Waals surface area contributed by atoms with E-state index in [9.17, 15) is 10.1 Å². The molecule has 8 heteroatoms. The predicted octanol–water partition coefficient (Wildman–Crippen LogP) is 4.18. The van der Waals surface area contributed by atoms with Crippen molar-refractivity contribution in [3.63, 3.8) is 0 Å². The van der Waals surface area contributed by atoms with Crippen molar-refractivity contribution in [3.05, 3.63) is 51.4 Å². The Bertz CT molecular complexity index is 1080. The minimum Gasteiger partial charge on any atom is -0.490 e. The fourth-order valence-electron chi connectivity index (χ4n) is 2.66. The van der Waals surface area contributed by atoms with Gasteiger partial charge in [0.1, 0.15) is 11.9 Å². The molecule has 0 radical (unpaired) electrons. The van der Waals surface area contributed by atoms with Gasteiger partial charge in [0.05, 0.1) is 33.9 Å². The van der Waals surface area contributed by atoms with Crippen molar-refractivity contribution in [1.29, 1.82) is 5.26 Å².